The first kappa shape index (κ1) is 12.8. The Kier molecular flexibility index (Phi) is 3.49. The van der Waals surface area contributed by atoms with Gasteiger partial charge in [0.1, 0.15) is 0 Å². The molecule has 3 nitrogen and oxygen atoms in total. The highest BCUT2D eigenvalue weighted by atomic mass is 19.4. The van der Waals surface area contributed by atoms with Gasteiger partial charge in [-0.1, -0.05) is 18.2 Å². The van der Waals surface area contributed by atoms with Gasteiger partial charge in [-0.3, -0.25) is 16.3 Å². The molecular weight excluding hydrogens is 243 g/mol. The second-order valence-corrected chi connectivity index (χ2v) is 3.96. The van der Waals surface area contributed by atoms with Crippen LogP contribution in [0.5, 0.6) is 0 Å². The molecule has 1 aromatic heterocycles. The number of nitrogens with one attached hydrogen (secondary N) is 1. The first-order valence-electron chi connectivity index (χ1n) is 5.38. The number of benzene rings is 1. The van der Waals surface area contributed by atoms with Gasteiger partial charge >= 0.3 is 6.18 Å². The Labute approximate surface area is 102 Å². The number of hydrazine groups is 1. The summed E-state index contributed by atoms with van der Waals surface area (Å²) >= 11 is 0. The Hall–Kier alpha value is -1.66. The molecule has 0 saturated carbocycles. The third-order valence-corrected chi connectivity index (χ3v) is 2.69. The fourth-order valence-corrected chi connectivity index (χ4v) is 1.92. The maximum atomic E-state index is 12.5. The molecule has 2 rings (SSSR count). The lowest BCUT2D eigenvalue weighted by molar-refractivity contribution is -0.140. The topological polar surface area (TPSA) is 50.9 Å². The van der Waals surface area contributed by atoms with Crippen LogP contribution in [0.3, 0.4) is 0 Å². The minimum Gasteiger partial charge on any atom is -0.271 e. The van der Waals surface area contributed by atoms with Crippen molar-refractivity contribution in [1.82, 2.24) is 10.4 Å². The van der Waals surface area contributed by atoms with Crippen LogP contribution in [0.25, 0.3) is 10.9 Å². The number of pyridine rings is 1. The van der Waals surface area contributed by atoms with Gasteiger partial charge in [0.25, 0.3) is 0 Å². The Morgan fingerprint density at radius 2 is 2.00 bits per heavy atom. The van der Waals surface area contributed by atoms with E-state index in [1.165, 1.54) is 0 Å². The van der Waals surface area contributed by atoms with Crippen LogP contribution in [-0.4, -0.2) is 11.2 Å². The Balaban J connectivity index is 2.45. The molecule has 18 heavy (non-hydrogen) atoms. The van der Waals surface area contributed by atoms with Crippen molar-refractivity contribution in [3.8, 4) is 0 Å². The molecule has 0 aliphatic heterocycles. The summed E-state index contributed by atoms with van der Waals surface area (Å²) in [6.45, 7) is 0. The largest absolute Gasteiger partial charge is 0.390 e. The predicted molar refractivity (Wildman–Crippen MR) is 62.5 cm³/mol. The van der Waals surface area contributed by atoms with E-state index in [1.54, 1.807) is 36.5 Å². The van der Waals surface area contributed by atoms with Crippen molar-refractivity contribution in [3.63, 3.8) is 0 Å². The highest BCUT2D eigenvalue weighted by molar-refractivity contribution is 5.82. The molecule has 0 spiro atoms. The molecule has 1 atom stereocenters. The molecule has 1 unspecified atom stereocenters. The summed E-state index contributed by atoms with van der Waals surface area (Å²) in [5.74, 6) is 5.23. The van der Waals surface area contributed by atoms with Crippen molar-refractivity contribution < 1.29 is 13.2 Å². The van der Waals surface area contributed by atoms with Crippen LogP contribution in [0.1, 0.15) is 18.0 Å². The summed E-state index contributed by atoms with van der Waals surface area (Å²) < 4.78 is 37.4. The molecular formula is C12H12F3N3. The Bertz CT molecular complexity index is 534. The summed E-state index contributed by atoms with van der Waals surface area (Å²) in [7, 11) is 0. The fraction of sp³-hybridized carbons (Fsp3) is 0.250. The van der Waals surface area contributed by atoms with E-state index in [4.69, 9.17) is 5.84 Å². The third kappa shape index (κ3) is 2.77. The number of fused-ring (bicyclic) bond motifs is 1. The number of halogens is 3. The van der Waals surface area contributed by atoms with Gasteiger partial charge in [0.15, 0.2) is 0 Å². The molecule has 0 saturated heterocycles. The van der Waals surface area contributed by atoms with Gasteiger partial charge in [0.05, 0.1) is 18.0 Å². The predicted octanol–water partition coefficient (Wildman–Crippen LogP) is 2.69. The number of hydrogen-bond acceptors (Lipinski definition) is 3. The lowest BCUT2D eigenvalue weighted by atomic mass is 9.99. The zero-order chi connectivity index (χ0) is 13.2. The van der Waals surface area contributed by atoms with Crippen molar-refractivity contribution in [2.45, 2.75) is 18.6 Å². The van der Waals surface area contributed by atoms with E-state index in [-0.39, 0.29) is 0 Å². The van der Waals surface area contributed by atoms with E-state index in [9.17, 15) is 13.2 Å². The van der Waals surface area contributed by atoms with Crippen LogP contribution < -0.4 is 11.3 Å². The van der Waals surface area contributed by atoms with E-state index < -0.39 is 18.6 Å². The first-order chi connectivity index (χ1) is 8.51. The zero-order valence-corrected chi connectivity index (χ0v) is 9.41. The van der Waals surface area contributed by atoms with E-state index >= 15 is 0 Å². The summed E-state index contributed by atoms with van der Waals surface area (Å²) in [5.41, 5.74) is 3.37. The molecule has 0 aliphatic carbocycles. The fourth-order valence-electron chi connectivity index (χ4n) is 1.92. The molecule has 1 aromatic carbocycles. The second kappa shape index (κ2) is 4.91. The van der Waals surface area contributed by atoms with E-state index in [2.05, 4.69) is 10.4 Å². The molecule has 0 aliphatic rings. The number of nitrogens with two attached hydrogens (primary N) is 1. The Morgan fingerprint density at radius 1 is 1.22 bits per heavy atom. The summed E-state index contributed by atoms with van der Waals surface area (Å²) in [6.07, 6.45) is -3.69. The lowest BCUT2D eigenvalue weighted by Gasteiger charge is -2.19. The number of alkyl halides is 3. The van der Waals surface area contributed by atoms with Crippen molar-refractivity contribution in [2.24, 2.45) is 5.84 Å². The minimum atomic E-state index is -4.28. The summed E-state index contributed by atoms with van der Waals surface area (Å²) in [4.78, 5) is 4.11. The SMILES string of the molecule is NNC(CC(F)(F)F)c1cccc2ncccc12. The number of rotatable bonds is 3. The standard InChI is InChI=1S/C12H12F3N3/c13-12(14,15)7-11(18-16)9-3-1-5-10-8(9)4-2-6-17-10/h1-6,11,18H,7,16H2. The molecule has 0 fully saturated rings. The average Bonchev–Trinajstić information content (AvgIpc) is 2.34. The van der Waals surface area contributed by atoms with Gasteiger partial charge in [-0.05, 0) is 17.7 Å². The maximum absolute atomic E-state index is 12.5. The quantitative estimate of drug-likeness (QED) is 0.655. The average molecular weight is 255 g/mol. The Morgan fingerprint density at radius 3 is 2.67 bits per heavy atom. The van der Waals surface area contributed by atoms with Gasteiger partial charge in [-0.25, -0.2) is 0 Å². The van der Waals surface area contributed by atoms with Crippen molar-refractivity contribution in [2.75, 3.05) is 0 Å². The molecule has 3 N–H and O–H groups in total. The molecule has 2 aromatic rings. The molecule has 0 bridgehead atoms. The normalized spacial score (nSPS) is 13.8. The van der Waals surface area contributed by atoms with Crippen LogP contribution in [0.2, 0.25) is 0 Å². The van der Waals surface area contributed by atoms with Gasteiger partial charge in [0, 0.05) is 11.6 Å². The summed E-state index contributed by atoms with van der Waals surface area (Å²) in [6, 6.07) is 7.50. The highest BCUT2D eigenvalue weighted by Crippen LogP contribution is 2.32. The van der Waals surface area contributed by atoms with Crippen LogP contribution in [0.4, 0.5) is 13.2 Å². The smallest absolute Gasteiger partial charge is 0.271 e. The molecule has 1 heterocycles. The van der Waals surface area contributed by atoms with Crippen LogP contribution >= 0.6 is 0 Å². The number of aromatic nitrogens is 1. The lowest BCUT2D eigenvalue weighted by Crippen LogP contribution is -2.31. The number of hydrogen-bond donors (Lipinski definition) is 2. The minimum absolute atomic E-state index is 0.500. The van der Waals surface area contributed by atoms with Crippen LogP contribution in [0, 0.1) is 0 Å². The molecule has 0 radical (unpaired) electrons. The van der Waals surface area contributed by atoms with Crippen LogP contribution in [-0.2, 0) is 0 Å². The van der Waals surface area contributed by atoms with Crippen LogP contribution in [0.15, 0.2) is 36.5 Å². The zero-order valence-electron chi connectivity index (χ0n) is 9.41. The maximum Gasteiger partial charge on any atom is 0.390 e. The van der Waals surface area contributed by atoms with E-state index in [0.717, 1.165) is 0 Å². The van der Waals surface area contributed by atoms with E-state index in [1.807, 2.05) is 0 Å². The van der Waals surface area contributed by atoms with Gasteiger partial charge in [0.2, 0.25) is 0 Å². The van der Waals surface area contributed by atoms with Crippen molar-refractivity contribution in [1.29, 1.82) is 0 Å². The van der Waals surface area contributed by atoms with Crippen molar-refractivity contribution in [3.05, 3.63) is 42.1 Å². The third-order valence-electron chi connectivity index (χ3n) is 2.69. The number of nitrogens with zero attached hydrogens (tertiary/aromatic N) is 1. The second-order valence-electron chi connectivity index (χ2n) is 3.96. The monoisotopic (exact) mass is 255 g/mol. The molecule has 6 heteroatoms. The highest BCUT2D eigenvalue weighted by Gasteiger charge is 2.32. The van der Waals surface area contributed by atoms with Gasteiger partial charge in [-0.15, -0.1) is 0 Å². The summed E-state index contributed by atoms with van der Waals surface area (Å²) in [5, 5.41) is 0.673. The first-order valence-corrected chi connectivity index (χ1v) is 5.38. The van der Waals surface area contributed by atoms with E-state index in [0.29, 0.717) is 16.5 Å². The molecule has 0 amide bonds. The molecule has 96 valence electrons. The van der Waals surface area contributed by atoms with Gasteiger partial charge < -0.3 is 0 Å². The van der Waals surface area contributed by atoms with Gasteiger partial charge in [-0.2, -0.15) is 13.2 Å². The van der Waals surface area contributed by atoms with Crippen molar-refractivity contribution >= 4 is 10.9 Å².